The maximum Gasteiger partial charge on any atom is 0.244 e. The molecule has 1 aliphatic rings. The van der Waals surface area contributed by atoms with Crippen molar-refractivity contribution in [1.82, 2.24) is 14.1 Å². The van der Waals surface area contributed by atoms with E-state index in [2.05, 4.69) is 0 Å². The van der Waals surface area contributed by atoms with Gasteiger partial charge < -0.3 is 9.64 Å². The molecule has 0 saturated carbocycles. The van der Waals surface area contributed by atoms with Crippen LogP contribution in [0.2, 0.25) is 0 Å². The summed E-state index contributed by atoms with van der Waals surface area (Å²) < 4.78 is 32.3. The van der Waals surface area contributed by atoms with Gasteiger partial charge in [-0.3, -0.25) is 9.69 Å². The molecule has 0 bridgehead atoms. The van der Waals surface area contributed by atoms with Gasteiger partial charge in [-0.25, -0.2) is 8.42 Å². The Morgan fingerprint density at radius 3 is 2.35 bits per heavy atom. The van der Waals surface area contributed by atoms with E-state index in [-0.39, 0.29) is 36.0 Å². The quantitative estimate of drug-likeness (QED) is 0.646. The molecule has 0 aromatic heterocycles. The van der Waals surface area contributed by atoms with Crippen molar-refractivity contribution >= 4 is 15.9 Å². The van der Waals surface area contributed by atoms with Crippen LogP contribution in [0, 0.1) is 11.3 Å². The number of piperazine rings is 1. The summed E-state index contributed by atoms with van der Waals surface area (Å²) in [6.07, 6.45) is 0. The summed E-state index contributed by atoms with van der Waals surface area (Å²) in [5.41, 5.74) is 1.20. The molecule has 164 valence electrons. The fourth-order valence-electron chi connectivity index (χ4n) is 3.53. The number of nitrogens with zero attached hydrogens (tertiary/aromatic N) is 4. The third-order valence-corrected chi connectivity index (χ3v) is 7.19. The summed E-state index contributed by atoms with van der Waals surface area (Å²) in [4.78, 5) is 16.3. The second-order valence-corrected chi connectivity index (χ2v) is 9.32. The largest absolute Gasteiger partial charge is 0.497 e. The van der Waals surface area contributed by atoms with E-state index >= 15 is 0 Å². The van der Waals surface area contributed by atoms with Crippen molar-refractivity contribution in [3.05, 3.63) is 59.7 Å². The minimum atomic E-state index is -3.77. The summed E-state index contributed by atoms with van der Waals surface area (Å²) in [6.45, 7) is 1.92. The normalized spacial score (nSPS) is 15.0. The Balaban J connectivity index is 1.55. The van der Waals surface area contributed by atoms with Gasteiger partial charge in [0, 0.05) is 32.7 Å². The Hall–Kier alpha value is -2.93. The molecule has 9 heteroatoms. The number of carbonyl (C=O) groups is 1. The van der Waals surface area contributed by atoms with Crippen molar-refractivity contribution < 1.29 is 17.9 Å². The van der Waals surface area contributed by atoms with Crippen LogP contribution in [-0.4, -0.2) is 75.3 Å². The van der Waals surface area contributed by atoms with Crippen LogP contribution in [-0.2, 0) is 21.4 Å². The van der Waals surface area contributed by atoms with Gasteiger partial charge in [0.25, 0.3) is 0 Å². The number of nitriles is 1. The van der Waals surface area contributed by atoms with Gasteiger partial charge in [-0.05, 0) is 36.9 Å². The molecule has 0 radical (unpaired) electrons. The Morgan fingerprint density at radius 1 is 1.10 bits per heavy atom. The highest BCUT2D eigenvalue weighted by molar-refractivity contribution is 7.89. The third kappa shape index (κ3) is 5.41. The predicted octanol–water partition coefficient (Wildman–Crippen LogP) is 1.53. The van der Waals surface area contributed by atoms with Gasteiger partial charge in [0.1, 0.15) is 11.8 Å². The highest BCUT2D eigenvalue weighted by Gasteiger charge is 2.31. The molecule has 0 spiro atoms. The molecule has 1 saturated heterocycles. The first-order valence-corrected chi connectivity index (χ1v) is 11.4. The number of benzene rings is 2. The van der Waals surface area contributed by atoms with Crippen molar-refractivity contribution in [1.29, 1.82) is 5.26 Å². The van der Waals surface area contributed by atoms with Gasteiger partial charge in [0.05, 0.1) is 24.1 Å². The molecular formula is C22H26N4O4S. The fourth-order valence-corrected chi connectivity index (χ4v) is 5.09. The topological polar surface area (TPSA) is 93.9 Å². The number of sulfonamides is 1. The first-order valence-electron chi connectivity index (χ1n) is 9.93. The number of rotatable bonds is 7. The molecule has 3 rings (SSSR count). The summed E-state index contributed by atoms with van der Waals surface area (Å²) >= 11 is 0. The van der Waals surface area contributed by atoms with Crippen LogP contribution in [0.15, 0.2) is 53.4 Å². The second kappa shape index (κ2) is 9.92. The van der Waals surface area contributed by atoms with E-state index in [1.54, 1.807) is 24.1 Å². The Labute approximate surface area is 183 Å². The van der Waals surface area contributed by atoms with E-state index in [1.165, 1.54) is 16.4 Å². The van der Waals surface area contributed by atoms with E-state index in [0.29, 0.717) is 19.6 Å². The Kier molecular flexibility index (Phi) is 7.28. The zero-order valence-corrected chi connectivity index (χ0v) is 18.5. The van der Waals surface area contributed by atoms with E-state index in [0.717, 1.165) is 11.3 Å². The Morgan fingerprint density at radius 2 is 1.74 bits per heavy atom. The van der Waals surface area contributed by atoms with Crippen molar-refractivity contribution in [2.75, 3.05) is 46.9 Å². The SMILES string of the molecule is COc1ccc(CN(C)CC(=O)N2CCN(S(=O)(=O)c3ccccc3C#N)CC2)cc1. The maximum atomic E-state index is 12.9. The van der Waals surface area contributed by atoms with Crippen molar-refractivity contribution in [3.63, 3.8) is 0 Å². The van der Waals surface area contributed by atoms with E-state index < -0.39 is 10.0 Å². The molecule has 0 aliphatic carbocycles. The molecule has 8 nitrogen and oxygen atoms in total. The molecule has 0 atom stereocenters. The molecule has 31 heavy (non-hydrogen) atoms. The number of methoxy groups -OCH3 is 1. The summed E-state index contributed by atoms with van der Waals surface area (Å²) in [5, 5.41) is 9.21. The first-order chi connectivity index (χ1) is 14.8. The lowest BCUT2D eigenvalue weighted by atomic mass is 10.2. The molecule has 1 heterocycles. The number of ether oxygens (including phenoxy) is 1. The Bertz CT molecular complexity index is 1060. The monoisotopic (exact) mass is 442 g/mol. The van der Waals surface area contributed by atoms with E-state index in [4.69, 9.17) is 4.74 Å². The van der Waals surface area contributed by atoms with Crippen molar-refractivity contribution in [2.45, 2.75) is 11.4 Å². The molecule has 0 unspecified atom stereocenters. The summed E-state index contributed by atoms with van der Waals surface area (Å²) in [7, 11) is -0.276. The minimum Gasteiger partial charge on any atom is -0.497 e. The van der Waals surface area contributed by atoms with Crippen LogP contribution < -0.4 is 4.74 Å². The number of likely N-dealkylation sites (N-methyl/N-ethyl adjacent to an activating group) is 1. The summed E-state index contributed by atoms with van der Waals surface area (Å²) in [6, 6.07) is 15.8. The highest BCUT2D eigenvalue weighted by atomic mass is 32.2. The molecule has 1 aliphatic heterocycles. The number of hydrogen-bond acceptors (Lipinski definition) is 6. The van der Waals surface area contributed by atoms with Gasteiger partial charge in [-0.15, -0.1) is 0 Å². The van der Waals surface area contributed by atoms with Gasteiger partial charge >= 0.3 is 0 Å². The number of amides is 1. The predicted molar refractivity (Wildman–Crippen MR) is 116 cm³/mol. The smallest absolute Gasteiger partial charge is 0.244 e. The zero-order chi connectivity index (χ0) is 22.4. The van der Waals surface area contributed by atoms with Crippen LogP contribution in [0.25, 0.3) is 0 Å². The van der Waals surface area contributed by atoms with Crippen LogP contribution in [0.5, 0.6) is 5.75 Å². The van der Waals surface area contributed by atoms with Crippen LogP contribution in [0.3, 0.4) is 0 Å². The molecule has 2 aromatic carbocycles. The van der Waals surface area contributed by atoms with Gasteiger partial charge in [-0.2, -0.15) is 9.57 Å². The molecule has 0 N–H and O–H groups in total. The van der Waals surface area contributed by atoms with Crippen molar-refractivity contribution in [2.24, 2.45) is 0 Å². The van der Waals surface area contributed by atoms with Crippen molar-refractivity contribution in [3.8, 4) is 11.8 Å². The molecular weight excluding hydrogens is 416 g/mol. The van der Waals surface area contributed by atoms with E-state index in [9.17, 15) is 18.5 Å². The number of carbonyl (C=O) groups excluding carboxylic acids is 1. The third-order valence-electron chi connectivity index (χ3n) is 5.23. The first kappa shape index (κ1) is 22.7. The number of hydrogen-bond donors (Lipinski definition) is 0. The fraction of sp³-hybridized carbons (Fsp3) is 0.364. The molecule has 1 amide bonds. The van der Waals surface area contributed by atoms with Crippen LogP contribution >= 0.6 is 0 Å². The lowest BCUT2D eigenvalue weighted by Crippen LogP contribution is -2.52. The van der Waals surface area contributed by atoms with Gasteiger partial charge in [0.2, 0.25) is 15.9 Å². The standard InChI is InChI=1S/C22H26N4O4S/c1-24(16-18-7-9-20(30-2)10-8-18)17-22(27)25-11-13-26(14-12-25)31(28,29)21-6-4-3-5-19(21)15-23/h3-10H,11-14,16-17H2,1-2H3. The maximum absolute atomic E-state index is 12.9. The average Bonchev–Trinajstić information content (AvgIpc) is 2.79. The minimum absolute atomic E-state index is 0.0106. The molecule has 1 fully saturated rings. The van der Waals surface area contributed by atoms with Crippen LogP contribution in [0.4, 0.5) is 0 Å². The van der Waals surface area contributed by atoms with Gasteiger partial charge in [0.15, 0.2) is 0 Å². The molecule has 2 aromatic rings. The average molecular weight is 443 g/mol. The zero-order valence-electron chi connectivity index (χ0n) is 17.7. The lowest BCUT2D eigenvalue weighted by Gasteiger charge is -2.35. The summed E-state index contributed by atoms with van der Waals surface area (Å²) in [5.74, 6) is 0.748. The van der Waals surface area contributed by atoms with E-state index in [1.807, 2.05) is 42.3 Å². The lowest BCUT2D eigenvalue weighted by molar-refractivity contribution is -0.133. The van der Waals surface area contributed by atoms with Crippen LogP contribution in [0.1, 0.15) is 11.1 Å². The second-order valence-electron chi connectivity index (χ2n) is 7.41. The van der Waals surface area contributed by atoms with Gasteiger partial charge in [-0.1, -0.05) is 24.3 Å². The highest BCUT2D eigenvalue weighted by Crippen LogP contribution is 2.21.